The first kappa shape index (κ1) is 14.0. The van der Waals surface area contributed by atoms with Gasteiger partial charge in [0.2, 0.25) is 5.91 Å². The van der Waals surface area contributed by atoms with Crippen LogP contribution in [0.5, 0.6) is 0 Å². The Morgan fingerprint density at radius 3 is 2.58 bits per heavy atom. The molecule has 0 atom stereocenters. The van der Waals surface area contributed by atoms with E-state index in [1.807, 2.05) is 31.2 Å². The van der Waals surface area contributed by atoms with E-state index in [2.05, 4.69) is 17.1 Å². The van der Waals surface area contributed by atoms with Crippen LogP contribution in [0.1, 0.15) is 25.3 Å². The van der Waals surface area contributed by atoms with E-state index in [4.69, 9.17) is 5.73 Å². The highest BCUT2D eigenvalue weighted by Crippen LogP contribution is 2.22. The summed E-state index contributed by atoms with van der Waals surface area (Å²) in [4.78, 5) is 14.0. The number of benzene rings is 1. The molecule has 0 radical (unpaired) electrons. The molecular formula is C15H23N3O. The molecule has 0 bridgehead atoms. The van der Waals surface area contributed by atoms with Crippen molar-refractivity contribution in [1.29, 1.82) is 0 Å². The molecule has 0 spiro atoms. The summed E-state index contributed by atoms with van der Waals surface area (Å²) in [6, 6.07) is 7.83. The van der Waals surface area contributed by atoms with Gasteiger partial charge in [-0.3, -0.25) is 9.69 Å². The minimum atomic E-state index is -0.0705. The number of aryl methyl sites for hydroxylation is 1. The lowest BCUT2D eigenvalue weighted by Gasteiger charge is -2.47. The lowest BCUT2D eigenvalue weighted by Crippen LogP contribution is -2.68. The van der Waals surface area contributed by atoms with Crippen molar-refractivity contribution < 1.29 is 4.79 Å². The topological polar surface area (TPSA) is 58.4 Å². The van der Waals surface area contributed by atoms with Crippen LogP contribution < -0.4 is 11.1 Å². The smallest absolute Gasteiger partial charge is 0.238 e. The molecule has 1 aromatic carbocycles. The Morgan fingerprint density at radius 1 is 1.37 bits per heavy atom. The summed E-state index contributed by atoms with van der Waals surface area (Å²) in [5.41, 5.74) is 8.14. The van der Waals surface area contributed by atoms with Crippen molar-refractivity contribution in [2.45, 2.75) is 32.2 Å². The molecule has 2 rings (SSSR count). The molecule has 4 nitrogen and oxygen atoms in total. The van der Waals surface area contributed by atoms with Crippen LogP contribution in [0, 0.1) is 6.92 Å². The van der Waals surface area contributed by atoms with Crippen LogP contribution >= 0.6 is 0 Å². The Hall–Kier alpha value is -1.39. The Kier molecular flexibility index (Phi) is 4.22. The molecule has 1 heterocycles. The number of anilines is 1. The van der Waals surface area contributed by atoms with Crippen LogP contribution in [0.15, 0.2) is 24.3 Å². The number of hydrogen-bond acceptors (Lipinski definition) is 3. The van der Waals surface area contributed by atoms with E-state index in [1.54, 1.807) is 0 Å². The highest BCUT2D eigenvalue weighted by molar-refractivity contribution is 5.92. The SMILES string of the molecule is CCCC1(N)CN(CC(=O)Nc2ccc(C)cc2)C1. The normalized spacial score (nSPS) is 17.8. The number of nitrogens with one attached hydrogen (secondary N) is 1. The lowest BCUT2D eigenvalue weighted by molar-refractivity contribution is -0.119. The standard InChI is InChI=1S/C15H23N3O/c1-3-8-15(16)10-18(11-15)9-14(19)17-13-6-4-12(2)5-7-13/h4-7H,3,8-11,16H2,1-2H3,(H,17,19). The van der Waals surface area contributed by atoms with E-state index in [0.717, 1.165) is 31.6 Å². The Bertz CT molecular complexity index is 435. The third-order valence-corrected chi connectivity index (χ3v) is 3.53. The number of rotatable bonds is 5. The van der Waals surface area contributed by atoms with Gasteiger partial charge in [-0.1, -0.05) is 31.0 Å². The third kappa shape index (κ3) is 3.78. The van der Waals surface area contributed by atoms with Gasteiger partial charge in [-0.25, -0.2) is 0 Å². The third-order valence-electron chi connectivity index (χ3n) is 3.53. The average Bonchev–Trinajstić information content (AvgIpc) is 2.30. The molecule has 1 fully saturated rings. The molecule has 104 valence electrons. The van der Waals surface area contributed by atoms with Crippen LogP contribution in [0.25, 0.3) is 0 Å². The summed E-state index contributed by atoms with van der Waals surface area (Å²) in [5.74, 6) is 0.0300. The van der Waals surface area contributed by atoms with E-state index in [1.165, 1.54) is 5.56 Å². The summed E-state index contributed by atoms with van der Waals surface area (Å²) in [6.07, 6.45) is 2.13. The number of nitrogens with zero attached hydrogens (tertiary/aromatic N) is 1. The zero-order chi connectivity index (χ0) is 13.9. The van der Waals surface area contributed by atoms with E-state index < -0.39 is 0 Å². The van der Waals surface area contributed by atoms with Crippen molar-refractivity contribution in [2.24, 2.45) is 5.73 Å². The van der Waals surface area contributed by atoms with Crippen LogP contribution in [-0.2, 0) is 4.79 Å². The van der Waals surface area contributed by atoms with Gasteiger partial charge in [-0.05, 0) is 25.5 Å². The van der Waals surface area contributed by atoms with Gasteiger partial charge in [-0.2, -0.15) is 0 Å². The zero-order valence-corrected chi connectivity index (χ0v) is 11.8. The molecule has 0 saturated carbocycles. The number of hydrogen-bond donors (Lipinski definition) is 2. The first-order chi connectivity index (χ1) is 9.00. The second-order valence-electron chi connectivity index (χ2n) is 5.67. The first-order valence-electron chi connectivity index (χ1n) is 6.88. The quantitative estimate of drug-likeness (QED) is 0.849. The molecule has 1 aromatic rings. The van der Waals surface area contributed by atoms with Gasteiger partial charge in [-0.15, -0.1) is 0 Å². The van der Waals surface area contributed by atoms with Crippen molar-refractivity contribution in [1.82, 2.24) is 4.90 Å². The maximum absolute atomic E-state index is 11.9. The first-order valence-corrected chi connectivity index (χ1v) is 6.88. The molecule has 4 heteroatoms. The van der Waals surface area contributed by atoms with E-state index >= 15 is 0 Å². The fraction of sp³-hybridized carbons (Fsp3) is 0.533. The highest BCUT2D eigenvalue weighted by atomic mass is 16.2. The summed E-state index contributed by atoms with van der Waals surface area (Å²) in [7, 11) is 0. The molecule has 1 amide bonds. The van der Waals surface area contributed by atoms with Gasteiger partial charge >= 0.3 is 0 Å². The molecule has 3 N–H and O–H groups in total. The molecule has 1 saturated heterocycles. The monoisotopic (exact) mass is 261 g/mol. The summed E-state index contributed by atoms with van der Waals surface area (Å²) < 4.78 is 0. The van der Waals surface area contributed by atoms with Gasteiger partial charge in [0, 0.05) is 24.3 Å². The van der Waals surface area contributed by atoms with Crippen molar-refractivity contribution in [3.63, 3.8) is 0 Å². The van der Waals surface area contributed by atoms with Gasteiger partial charge < -0.3 is 11.1 Å². The number of nitrogens with two attached hydrogens (primary N) is 1. The van der Waals surface area contributed by atoms with Gasteiger partial charge in [0.15, 0.2) is 0 Å². The number of carbonyl (C=O) groups is 1. The summed E-state index contributed by atoms with van der Waals surface area (Å²) in [5, 5.41) is 2.91. The van der Waals surface area contributed by atoms with E-state index in [-0.39, 0.29) is 11.4 Å². The number of amides is 1. The van der Waals surface area contributed by atoms with Crippen LogP contribution in [0.3, 0.4) is 0 Å². The fourth-order valence-electron chi connectivity index (χ4n) is 2.65. The van der Waals surface area contributed by atoms with Crippen LogP contribution in [0.2, 0.25) is 0 Å². The van der Waals surface area contributed by atoms with Crippen molar-refractivity contribution in [2.75, 3.05) is 25.0 Å². The molecule has 1 aliphatic heterocycles. The molecular weight excluding hydrogens is 238 g/mol. The maximum atomic E-state index is 11.9. The second kappa shape index (κ2) is 5.72. The molecule has 0 aliphatic carbocycles. The Morgan fingerprint density at radius 2 is 2.00 bits per heavy atom. The Balaban J connectivity index is 1.76. The molecule has 1 aliphatic rings. The zero-order valence-electron chi connectivity index (χ0n) is 11.8. The van der Waals surface area contributed by atoms with Gasteiger partial charge in [0.1, 0.15) is 0 Å². The predicted octanol–water partition coefficient (Wildman–Crippen LogP) is 1.75. The fourth-order valence-corrected chi connectivity index (χ4v) is 2.65. The number of carbonyl (C=O) groups excluding carboxylic acids is 1. The Labute approximate surface area is 115 Å². The van der Waals surface area contributed by atoms with Crippen molar-refractivity contribution >= 4 is 11.6 Å². The minimum Gasteiger partial charge on any atom is -0.325 e. The van der Waals surface area contributed by atoms with Crippen molar-refractivity contribution in [3.8, 4) is 0 Å². The lowest BCUT2D eigenvalue weighted by atomic mass is 9.86. The van der Waals surface area contributed by atoms with Crippen LogP contribution in [0.4, 0.5) is 5.69 Å². The molecule has 19 heavy (non-hydrogen) atoms. The second-order valence-corrected chi connectivity index (χ2v) is 5.67. The van der Waals surface area contributed by atoms with Gasteiger partial charge in [0.25, 0.3) is 0 Å². The minimum absolute atomic E-state index is 0.0300. The van der Waals surface area contributed by atoms with Crippen LogP contribution in [-0.4, -0.2) is 36.0 Å². The summed E-state index contributed by atoms with van der Waals surface area (Å²) in [6.45, 7) is 6.24. The van der Waals surface area contributed by atoms with Crippen molar-refractivity contribution in [3.05, 3.63) is 29.8 Å². The van der Waals surface area contributed by atoms with Gasteiger partial charge in [0.05, 0.1) is 6.54 Å². The predicted molar refractivity (Wildman–Crippen MR) is 78.1 cm³/mol. The van der Waals surface area contributed by atoms with E-state index in [0.29, 0.717) is 6.54 Å². The summed E-state index contributed by atoms with van der Waals surface area (Å²) >= 11 is 0. The average molecular weight is 261 g/mol. The maximum Gasteiger partial charge on any atom is 0.238 e. The molecule has 0 aromatic heterocycles. The largest absolute Gasteiger partial charge is 0.325 e. The van der Waals surface area contributed by atoms with E-state index in [9.17, 15) is 4.79 Å². The number of likely N-dealkylation sites (tertiary alicyclic amines) is 1. The molecule has 0 unspecified atom stereocenters. The highest BCUT2D eigenvalue weighted by Gasteiger charge is 2.38.